The van der Waals surface area contributed by atoms with Crippen LogP contribution in [0.4, 0.5) is 5.82 Å². The number of imidazole rings is 1. The lowest BCUT2D eigenvalue weighted by atomic mass is 10.4. The van der Waals surface area contributed by atoms with Crippen LogP contribution >= 0.6 is 11.6 Å². The van der Waals surface area contributed by atoms with Crippen LogP contribution in [0.25, 0.3) is 5.52 Å². The number of nitrogens with two attached hydrogens (primary N) is 1. The van der Waals surface area contributed by atoms with Crippen LogP contribution in [0.3, 0.4) is 0 Å². The third kappa shape index (κ3) is 1.43. The van der Waals surface area contributed by atoms with Crippen molar-refractivity contribution >= 4 is 22.9 Å². The molecule has 2 aromatic rings. The van der Waals surface area contributed by atoms with Gasteiger partial charge in [0, 0.05) is 6.20 Å². The lowest BCUT2D eigenvalue weighted by Gasteiger charge is -1.96. The summed E-state index contributed by atoms with van der Waals surface area (Å²) in [7, 11) is 0. The summed E-state index contributed by atoms with van der Waals surface area (Å²) in [5, 5.41) is 11.0. The van der Waals surface area contributed by atoms with E-state index in [-0.39, 0.29) is 22.9 Å². The number of hydrogen-bond donors (Lipinski definition) is 1. The third-order valence-corrected chi connectivity index (χ3v) is 2.33. The number of aromatic nitrogens is 2. The fourth-order valence-electron chi connectivity index (χ4n) is 1.41. The Morgan fingerprint density at radius 1 is 1.67 bits per heavy atom. The van der Waals surface area contributed by atoms with Crippen LogP contribution in [0.5, 0.6) is 0 Å². The van der Waals surface area contributed by atoms with E-state index >= 15 is 0 Å². The van der Waals surface area contributed by atoms with E-state index in [9.17, 15) is 10.1 Å². The molecule has 0 fully saturated rings. The third-order valence-electron chi connectivity index (χ3n) is 2.03. The molecule has 2 heterocycles. The SMILES string of the molecule is NCc1nc([N+](=O)[O-])c2c(Cl)cccn12. The topological polar surface area (TPSA) is 86.5 Å². The molecule has 2 N–H and O–H groups in total. The summed E-state index contributed by atoms with van der Waals surface area (Å²) in [6.07, 6.45) is 1.64. The highest BCUT2D eigenvalue weighted by molar-refractivity contribution is 6.34. The first-order valence-corrected chi connectivity index (χ1v) is 4.53. The quantitative estimate of drug-likeness (QED) is 0.619. The van der Waals surface area contributed by atoms with Gasteiger partial charge in [-0.2, -0.15) is 0 Å². The minimum atomic E-state index is -0.569. The molecule has 0 aliphatic carbocycles. The van der Waals surface area contributed by atoms with Gasteiger partial charge in [0.15, 0.2) is 5.52 Å². The minimum absolute atomic E-state index is 0.120. The monoisotopic (exact) mass is 226 g/mol. The predicted octanol–water partition coefficient (Wildman–Crippen LogP) is 1.35. The van der Waals surface area contributed by atoms with Gasteiger partial charge in [-0.3, -0.25) is 4.40 Å². The number of nitro groups is 1. The van der Waals surface area contributed by atoms with E-state index in [4.69, 9.17) is 17.3 Å². The molecule has 0 saturated heterocycles. The number of hydrogen-bond acceptors (Lipinski definition) is 4. The van der Waals surface area contributed by atoms with Crippen molar-refractivity contribution in [1.82, 2.24) is 9.38 Å². The Morgan fingerprint density at radius 2 is 2.40 bits per heavy atom. The molecular formula is C8H7ClN4O2. The molecule has 0 amide bonds. The van der Waals surface area contributed by atoms with Crippen molar-refractivity contribution in [3.8, 4) is 0 Å². The van der Waals surface area contributed by atoms with Crippen molar-refractivity contribution in [2.45, 2.75) is 6.54 Å². The number of halogens is 1. The van der Waals surface area contributed by atoms with Gasteiger partial charge >= 0.3 is 5.82 Å². The maximum Gasteiger partial charge on any atom is 0.391 e. The molecule has 0 saturated carbocycles. The molecule has 0 aliphatic rings. The van der Waals surface area contributed by atoms with Gasteiger partial charge in [-0.1, -0.05) is 11.6 Å². The maximum absolute atomic E-state index is 10.7. The molecule has 78 valence electrons. The molecule has 0 bridgehead atoms. The molecule has 0 radical (unpaired) electrons. The maximum atomic E-state index is 10.7. The summed E-state index contributed by atoms with van der Waals surface area (Å²) in [6, 6.07) is 3.26. The normalized spacial score (nSPS) is 10.8. The summed E-state index contributed by atoms with van der Waals surface area (Å²) in [6.45, 7) is 0.120. The summed E-state index contributed by atoms with van der Waals surface area (Å²) in [5.41, 5.74) is 5.71. The second kappa shape index (κ2) is 3.48. The zero-order valence-electron chi connectivity index (χ0n) is 7.55. The molecule has 2 aromatic heterocycles. The van der Waals surface area contributed by atoms with Crippen LogP contribution in [0.15, 0.2) is 18.3 Å². The largest absolute Gasteiger partial charge is 0.391 e. The van der Waals surface area contributed by atoms with Crippen LogP contribution in [0, 0.1) is 10.1 Å². The van der Waals surface area contributed by atoms with Crippen molar-refractivity contribution < 1.29 is 4.92 Å². The summed E-state index contributed by atoms with van der Waals surface area (Å²) >= 11 is 5.87. The van der Waals surface area contributed by atoms with Crippen LogP contribution < -0.4 is 5.73 Å². The fourth-order valence-corrected chi connectivity index (χ4v) is 1.66. The smallest absolute Gasteiger partial charge is 0.358 e. The Kier molecular flexibility index (Phi) is 2.29. The molecular weight excluding hydrogens is 220 g/mol. The second-order valence-electron chi connectivity index (χ2n) is 2.89. The van der Waals surface area contributed by atoms with E-state index in [1.54, 1.807) is 18.3 Å². The number of nitrogens with zero attached hydrogens (tertiary/aromatic N) is 3. The summed E-state index contributed by atoms with van der Waals surface area (Å²) in [4.78, 5) is 14.0. The van der Waals surface area contributed by atoms with Crippen molar-refractivity contribution in [3.63, 3.8) is 0 Å². The standard InChI is InChI=1S/C8H7ClN4O2/c9-5-2-1-3-12-6(4-10)11-8(7(5)12)13(14)15/h1-3H,4,10H2. The Bertz CT molecular complexity index is 537. The molecule has 0 unspecified atom stereocenters. The zero-order valence-corrected chi connectivity index (χ0v) is 8.31. The molecule has 0 aromatic carbocycles. The highest BCUT2D eigenvalue weighted by Gasteiger charge is 2.22. The van der Waals surface area contributed by atoms with Gasteiger partial charge in [0.2, 0.25) is 5.82 Å². The molecule has 7 heteroatoms. The molecule has 0 spiro atoms. The summed E-state index contributed by atoms with van der Waals surface area (Å²) < 4.78 is 1.53. The van der Waals surface area contributed by atoms with Crippen molar-refractivity contribution in [2.24, 2.45) is 5.73 Å². The average molecular weight is 227 g/mol. The average Bonchev–Trinajstić information content (AvgIpc) is 2.58. The lowest BCUT2D eigenvalue weighted by molar-refractivity contribution is -0.387. The van der Waals surface area contributed by atoms with E-state index in [0.717, 1.165) is 0 Å². The Labute approximate surface area is 89.4 Å². The first kappa shape index (κ1) is 9.88. The number of pyridine rings is 1. The van der Waals surface area contributed by atoms with Gasteiger partial charge in [0.25, 0.3) is 0 Å². The van der Waals surface area contributed by atoms with E-state index in [2.05, 4.69) is 4.98 Å². The van der Waals surface area contributed by atoms with Crippen LogP contribution in [0.2, 0.25) is 5.02 Å². The van der Waals surface area contributed by atoms with Crippen LogP contribution in [-0.2, 0) is 6.54 Å². The fraction of sp³-hybridized carbons (Fsp3) is 0.125. The first-order valence-electron chi connectivity index (χ1n) is 4.15. The van der Waals surface area contributed by atoms with Gasteiger partial charge < -0.3 is 15.8 Å². The predicted molar refractivity (Wildman–Crippen MR) is 54.7 cm³/mol. The lowest BCUT2D eigenvalue weighted by Crippen LogP contribution is -2.02. The zero-order chi connectivity index (χ0) is 11.0. The molecule has 0 atom stereocenters. The van der Waals surface area contributed by atoms with Gasteiger partial charge in [-0.15, -0.1) is 0 Å². The van der Waals surface area contributed by atoms with E-state index in [0.29, 0.717) is 5.82 Å². The molecule has 15 heavy (non-hydrogen) atoms. The van der Waals surface area contributed by atoms with Crippen LogP contribution in [0.1, 0.15) is 5.82 Å². The highest BCUT2D eigenvalue weighted by Crippen LogP contribution is 2.27. The van der Waals surface area contributed by atoms with Gasteiger partial charge in [0.05, 0.1) is 11.6 Å². The molecule has 6 nitrogen and oxygen atoms in total. The van der Waals surface area contributed by atoms with Gasteiger partial charge in [-0.25, -0.2) is 0 Å². The summed E-state index contributed by atoms with van der Waals surface area (Å²) in [5.74, 6) is 0.153. The minimum Gasteiger partial charge on any atom is -0.358 e. The van der Waals surface area contributed by atoms with E-state index < -0.39 is 4.92 Å². The van der Waals surface area contributed by atoms with Gasteiger partial charge in [0.1, 0.15) is 0 Å². The highest BCUT2D eigenvalue weighted by atomic mass is 35.5. The Morgan fingerprint density at radius 3 is 3.00 bits per heavy atom. The van der Waals surface area contributed by atoms with E-state index in [1.165, 1.54) is 4.40 Å². The van der Waals surface area contributed by atoms with E-state index in [1.807, 2.05) is 0 Å². The first-order chi connectivity index (χ1) is 7.15. The number of fused-ring (bicyclic) bond motifs is 1. The molecule has 0 aliphatic heterocycles. The van der Waals surface area contributed by atoms with Crippen molar-refractivity contribution in [1.29, 1.82) is 0 Å². The molecule has 2 rings (SSSR count). The van der Waals surface area contributed by atoms with Gasteiger partial charge in [-0.05, 0) is 22.0 Å². The van der Waals surface area contributed by atoms with Crippen LogP contribution in [-0.4, -0.2) is 14.3 Å². The Balaban J connectivity index is 2.88. The second-order valence-corrected chi connectivity index (χ2v) is 3.29. The Hall–Kier alpha value is -1.66. The van der Waals surface area contributed by atoms with Crippen molar-refractivity contribution in [3.05, 3.63) is 39.3 Å². The number of rotatable bonds is 2. The van der Waals surface area contributed by atoms with Crippen molar-refractivity contribution in [2.75, 3.05) is 0 Å².